The highest BCUT2D eigenvalue weighted by atomic mass is 16.7. The molecule has 3 atom stereocenters. The lowest BCUT2D eigenvalue weighted by Crippen LogP contribution is -2.24. The molecule has 0 aliphatic carbocycles. The summed E-state index contributed by atoms with van der Waals surface area (Å²) in [5, 5.41) is 10.3. The zero-order chi connectivity index (χ0) is 17.5. The number of hydrogen-bond donors (Lipinski definition) is 1. The molecule has 5 rings (SSSR count). The minimum atomic E-state index is -0.751. The number of ether oxygens (including phenoxy) is 5. The van der Waals surface area contributed by atoms with E-state index in [-0.39, 0.29) is 25.4 Å². The zero-order valence-electron chi connectivity index (χ0n) is 14.2. The molecule has 0 spiro atoms. The monoisotopic (exact) mass is 356 g/mol. The first-order valence-corrected chi connectivity index (χ1v) is 8.83. The third kappa shape index (κ3) is 2.85. The number of fused-ring (bicyclic) bond motifs is 2. The Kier molecular flexibility index (Phi) is 3.87. The van der Waals surface area contributed by atoms with Crippen LogP contribution in [-0.2, 0) is 17.6 Å². The first-order chi connectivity index (χ1) is 12.8. The fourth-order valence-corrected chi connectivity index (χ4v) is 3.89. The van der Waals surface area contributed by atoms with Gasteiger partial charge in [-0.15, -0.1) is 0 Å². The quantitative estimate of drug-likeness (QED) is 0.908. The normalized spacial score (nSPS) is 25.7. The maximum Gasteiger partial charge on any atom is 0.231 e. The lowest BCUT2D eigenvalue weighted by atomic mass is 9.84. The molecule has 6 nitrogen and oxygen atoms in total. The fourth-order valence-electron chi connectivity index (χ4n) is 3.89. The van der Waals surface area contributed by atoms with E-state index in [1.54, 1.807) is 0 Å². The number of benzene rings is 2. The van der Waals surface area contributed by atoms with E-state index in [9.17, 15) is 5.11 Å². The number of hydrogen-bond acceptors (Lipinski definition) is 6. The van der Waals surface area contributed by atoms with Crippen LogP contribution >= 0.6 is 0 Å². The van der Waals surface area contributed by atoms with Crippen LogP contribution in [0.4, 0.5) is 0 Å². The molecule has 2 aromatic carbocycles. The van der Waals surface area contributed by atoms with Crippen molar-refractivity contribution < 1.29 is 28.8 Å². The van der Waals surface area contributed by atoms with Crippen molar-refractivity contribution in [2.45, 2.75) is 19.1 Å². The summed E-state index contributed by atoms with van der Waals surface area (Å²) in [5.74, 6) is 3.37. The maximum atomic E-state index is 10.3. The minimum Gasteiger partial charge on any atom is -0.454 e. The highest BCUT2D eigenvalue weighted by Gasteiger charge is 2.36. The SMILES string of the molecule is O[C@@H]1OC[C@@H](Cc2ccc3c(c2)OCO3)[C@H]1Cc1ccc2c(c1)OCO2. The molecule has 26 heavy (non-hydrogen) atoms. The van der Waals surface area contributed by atoms with Crippen LogP contribution in [0.15, 0.2) is 36.4 Å². The standard InChI is InChI=1S/C20H20O6/c21-20-15(6-13-2-4-17-19(8-13)26-11-24-17)14(9-22-20)5-12-1-3-16-18(7-12)25-10-23-16/h1-4,7-8,14-15,20-21H,5-6,9-11H2/t14-,15-,20-/m1/s1. The van der Waals surface area contributed by atoms with Crippen LogP contribution in [0.5, 0.6) is 23.0 Å². The van der Waals surface area contributed by atoms with Crippen molar-refractivity contribution in [1.82, 2.24) is 0 Å². The number of aliphatic hydroxyl groups is 1. The Balaban J connectivity index is 1.32. The third-order valence-corrected chi connectivity index (χ3v) is 5.30. The third-order valence-electron chi connectivity index (χ3n) is 5.30. The van der Waals surface area contributed by atoms with E-state index in [0.29, 0.717) is 6.61 Å². The van der Waals surface area contributed by atoms with Crippen molar-refractivity contribution in [3.8, 4) is 23.0 Å². The van der Waals surface area contributed by atoms with Gasteiger partial charge in [0.2, 0.25) is 13.6 Å². The summed E-state index contributed by atoms with van der Waals surface area (Å²) in [5.41, 5.74) is 2.27. The van der Waals surface area contributed by atoms with Crippen LogP contribution in [0.25, 0.3) is 0 Å². The summed E-state index contributed by atoms with van der Waals surface area (Å²) in [6.07, 6.45) is 0.801. The summed E-state index contributed by atoms with van der Waals surface area (Å²) in [6, 6.07) is 11.9. The van der Waals surface area contributed by atoms with Gasteiger partial charge in [-0.25, -0.2) is 0 Å². The number of aliphatic hydroxyl groups excluding tert-OH is 1. The average molecular weight is 356 g/mol. The molecule has 3 aliphatic heterocycles. The minimum absolute atomic E-state index is 0.0285. The van der Waals surface area contributed by atoms with Crippen molar-refractivity contribution in [2.75, 3.05) is 20.2 Å². The predicted octanol–water partition coefficient (Wildman–Crippen LogP) is 2.51. The summed E-state index contributed by atoms with van der Waals surface area (Å²) in [7, 11) is 0. The van der Waals surface area contributed by atoms with Gasteiger partial charge < -0.3 is 28.8 Å². The highest BCUT2D eigenvalue weighted by molar-refractivity contribution is 5.45. The molecule has 1 saturated heterocycles. The molecule has 0 saturated carbocycles. The zero-order valence-corrected chi connectivity index (χ0v) is 14.2. The van der Waals surface area contributed by atoms with Crippen molar-refractivity contribution >= 4 is 0 Å². The maximum absolute atomic E-state index is 10.3. The highest BCUT2D eigenvalue weighted by Crippen LogP contribution is 2.38. The first-order valence-electron chi connectivity index (χ1n) is 8.83. The van der Waals surface area contributed by atoms with E-state index in [1.807, 2.05) is 30.3 Å². The van der Waals surface area contributed by atoms with Crippen molar-refractivity contribution in [3.63, 3.8) is 0 Å². The van der Waals surface area contributed by atoms with Gasteiger partial charge in [0.25, 0.3) is 0 Å². The van der Waals surface area contributed by atoms with Gasteiger partial charge in [0.15, 0.2) is 29.3 Å². The molecule has 0 radical (unpaired) electrons. The lowest BCUT2D eigenvalue weighted by molar-refractivity contribution is -0.0820. The van der Waals surface area contributed by atoms with Gasteiger partial charge in [0, 0.05) is 5.92 Å². The van der Waals surface area contributed by atoms with E-state index in [4.69, 9.17) is 23.7 Å². The van der Waals surface area contributed by atoms with E-state index >= 15 is 0 Å². The Hall–Kier alpha value is -2.44. The summed E-state index contributed by atoms with van der Waals surface area (Å²) in [6.45, 7) is 1.09. The molecule has 0 unspecified atom stereocenters. The second kappa shape index (κ2) is 6.37. The van der Waals surface area contributed by atoms with E-state index in [1.165, 1.54) is 0 Å². The van der Waals surface area contributed by atoms with Crippen LogP contribution in [-0.4, -0.2) is 31.6 Å². The van der Waals surface area contributed by atoms with Crippen molar-refractivity contribution in [1.29, 1.82) is 0 Å². The second-order valence-electron chi connectivity index (χ2n) is 6.93. The Morgan fingerprint density at radius 1 is 0.769 bits per heavy atom. The largest absolute Gasteiger partial charge is 0.454 e. The molecule has 0 amide bonds. The van der Waals surface area contributed by atoms with Crippen molar-refractivity contribution in [2.24, 2.45) is 11.8 Å². The molecule has 0 bridgehead atoms. The van der Waals surface area contributed by atoms with Gasteiger partial charge in [0.05, 0.1) is 6.61 Å². The van der Waals surface area contributed by atoms with Gasteiger partial charge in [-0.1, -0.05) is 12.1 Å². The molecular weight excluding hydrogens is 336 g/mol. The molecule has 0 aromatic heterocycles. The van der Waals surface area contributed by atoms with Crippen LogP contribution in [0, 0.1) is 11.8 Å². The molecule has 3 aliphatic rings. The lowest BCUT2D eigenvalue weighted by Gasteiger charge is -2.20. The molecule has 136 valence electrons. The van der Waals surface area contributed by atoms with E-state index < -0.39 is 6.29 Å². The topological polar surface area (TPSA) is 66.4 Å². The molecule has 2 aromatic rings. The van der Waals surface area contributed by atoms with Crippen LogP contribution in [0.2, 0.25) is 0 Å². The van der Waals surface area contributed by atoms with Gasteiger partial charge >= 0.3 is 0 Å². The van der Waals surface area contributed by atoms with Gasteiger partial charge in [-0.05, 0) is 54.2 Å². The Morgan fingerprint density at radius 2 is 1.35 bits per heavy atom. The summed E-state index contributed by atoms with van der Waals surface area (Å²) >= 11 is 0. The molecule has 3 heterocycles. The van der Waals surface area contributed by atoms with Crippen LogP contribution in [0.3, 0.4) is 0 Å². The van der Waals surface area contributed by atoms with Gasteiger partial charge in [0.1, 0.15) is 0 Å². The Labute approximate surface area is 151 Å². The van der Waals surface area contributed by atoms with E-state index in [0.717, 1.165) is 47.0 Å². The van der Waals surface area contributed by atoms with E-state index in [2.05, 4.69) is 6.07 Å². The first kappa shape index (κ1) is 15.8. The second-order valence-corrected chi connectivity index (χ2v) is 6.93. The average Bonchev–Trinajstić information content (AvgIpc) is 3.37. The fraction of sp³-hybridized carbons (Fsp3) is 0.400. The van der Waals surface area contributed by atoms with Gasteiger partial charge in [-0.3, -0.25) is 0 Å². The van der Waals surface area contributed by atoms with Crippen molar-refractivity contribution in [3.05, 3.63) is 47.5 Å². The Morgan fingerprint density at radius 3 is 2.00 bits per heavy atom. The number of rotatable bonds is 4. The molecule has 1 N–H and O–H groups in total. The summed E-state index contributed by atoms with van der Waals surface area (Å²) in [4.78, 5) is 0. The predicted molar refractivity (Wildman–Crippen MR) is 91.5 cm³/mol. The molecule has 1 fully saturated rings. The van der Waals surface area contributed by atoms with Crippen LogP contribution < -0.4 is 18.9 Å². The van der Waals surface area contributed by atoms with Crippen LogP contribution in [0.1, 0.15) is 11.1 Å². The Bertz CT molecular complexity index is 820. The summed E-state index contributed by atoms with van der Waals surface area (Å²) < 4.78 is 27.2. The van der Waals surface area contributed by atoms with Gasteiger partial charge in [-0.2, -0.15) is 0 Å². The molecule has 6 heteroatoms. The smallest absolute Gasteiger partial charge is 0.231 e. The molecular formula is C20H20O6.